The van der Waals surface area contributed by atoms with Crippen molar-refractivity contribution in [2.75, 3.05) is 25.1 Å². The molecule has 0 saturated heterocycles. The molecule has 0 saturated carbocycles. The number of methoxy groups -OCH3 is 1. The largest absolute Gasteiger partial charge is 0.496 e. The fourth-order valence-corrected chi connectivity index (χ4v) is 3.67. The third-order valence-electron chi connectivity index (χ3n) is 4.56. The Hall–Kier alpha value is -2.33. The molecule has 0 bridgehead atoms. The molecule has 0 aliphatic rings. The van der Waals surface area contributed by atoms with E-state index in [1.54, 1.807) is 7.11 Å². The van der Waals surface area contributed by atoms with E-state index in [1.165, 1.54) is 42.7 Å². The van der Waals surface area contributed by atoms with Gasteiger partial charge in [0.1, 0.15) is 5.75 Å². The zero-order chi connectivity index (χ0) is 20.2. The number of hydrogen-bond donors (Lipinski definition) is 0. The van der Waals surface area contributed by atoms with Crippen molar-refractivity contribution in [3.8, 4) is 5.75 Å². The summed E-state index contributed by atoms with van der Waals surface area (Å²) >= 11 is 1.49. The van der Waals surface area contributed by atoms with E-state index in [2.05, 4.69) is 43.0 Å². The van der Waals surface area contributed by atoms with E-state index in [4.69, 9.17) is 4.74 Å². The molecule has 0 atom stereocenters. The summed E-state index contributed by atoms with van der Waals surface area (Å²) in [6.45, 7) is 6.63. The van der Waals surface area contributed by atoms with Gasteiger partial charge in [-0.25, -0.2) is 0 Å². The van der Waals surface area contributed by atoms with E-state index >= 15 is 0 Å². The lowest BCUT2D eigenvalue weighted by Crippen LogP contribution is -2.25. The zero-order valence-corrected chi connectivity index (χ0v) is 18.0. The number of benzene rings is 1. The smallest absolute Gasteiger partial charge is 0.160 e. The van der Waals surface area contributed by atoms with Gasteiger partial charge in [0.25, 0.3) is 0 Å². The molecule has 0 radical (unpaired) electrons. The van der Waals surface area contributed by atoms with Crippen molar-refractivity contribution in [2.45, 2.75) is 39.5 Å². The summed E-state index contributed by atoms with van der Waals surface area (Å²) < 4.78 is 5.64. The van der Waals surface area contributed by atoms with Crippen LogP contribution in [0, 0.1) is 0 Å². The highest BCUT2D eigenvalue weighted by Crippen LogP contribution is 2.27. The van der Waals surface area contributed by atoms with Crippen molar-refractivity contribution in [3.63, 3.8) is 0 Å². The minimum Gasteiger partial charge on any atom is -0.496 e. The predicted molar refractivity (Wildman–Crippen MR) is 123 cm³/mol. The Morgan fingerprint density at radius 1 is 0.964 bits per heavy atom. The molecule has 1 aromatic carbocycles. The van der Waals surface area contributed by atoms with Gasteiger partial charge in [-0.15, -0.1) is 11.3 Å². The van der Waals surface area contributed by atoms with E-state index in [1.807, 2.05) is 30.4 Å². The molecule has 0 spiro atoms. The molecule has 3 nitrogen and oxygen atoms in total. The summed E-state index contributed by atoms with van der Waals surface area (Å²) in [5.41, 5.74) is 2.29. The Balaban J connectivity index is 2.10. The Labute approximate surface area is 173 Å². The molecule has 1 aromatic heterocycles. The van der Waals surface area contributed by atoms with Crippen LogP contribution in [0.25, 0.3) is 12.2 Å². The summed E-state index contributed by atoms with van der Waals surface area (Å²) in [6.07, 6.45) is 13.7. The first-order valence-electron chi connectivity index (χ1n) is 10.0. The van der Waals surface area contributed by atoms with Crippen LogP contribution < -0.4 is 9.64 Å². The summed E-state index contributed by atoms with van der Waals surface area (Å²) in [5, 5.41) is 0. The van der Waals surface area contributed by atoms with Gasteiger partial charge in [0.2, 0.25) is 0 Å². The molecule has 0 amide bonds. The number of carbonyl (C=O) groups is 1. The monoisotopic (exact) mass is 397 g/mol. The second kappa shape index (κ2) is 12.2. The molecule has 1 heterocycles. The second-order valence-corrected chi connectivity index (χ2v) is 7.84. The van der Waals surface area contributed by atoms with Crippen LogP contribution in [0.2, 0.25) is 0 Å². The third-order valence-corrected chi connectivity index (χ3v) is 5.53. The van der Waals surface area contributed by atoms with Crippen LogP contribution in [0.15, 0.2) is 42.5 Å². The van der Waals surface area contributed by atoms with E-state index in [9.17, 15) is 4.79 Å². The predicted octanol–water partition coefficient (Wildman–Crippen LogP) is 6.70. The number of carbonyl (C=O) groups excluding carboxylic acids is 1. The fourth-order valence-electron chi connectivity index (χ4n) is 2.93. The van der Waals surface area contributed by atoms with Gasteiger partial charge < -0.3 is 9.64 Å². The minimum atomic E-state index is 0.747. The molecule has 0 aliphatic heterocycles. The summed E-state index contributed by atoms with van der Waals surface area (Å²) in [7, 11) is 1.72. The Morgan fingerprint density at radius 2 is 1.64 bits per heavy atom. The Morgan fingerprint density at radius 3 is 2.25 bits per heavy atom. The number of nitrogens with zero attached hydrogens (tertiary/aromatic N) is 1. The Kier molecular flexibility index (Phi) is 9.56. The van der Waals surface area contributed by atoms with Crippen molar-refractivity contribution in [2.24, 2.45) is 0 Å². The van der Waals surface area contributed by atoms with Gasteiger partial charge in [-0.05, 0) is 43.2 Å². The fraction of sp³-hybridized carbons (Fsp3) is 0.375. The topological polar surface area (TPSA) is 29.5 Å². The molecule has 0 aliphatic carbocycles. The van der Waals surface area contributed by atoms with E-state index in [0.717, 1.165) is 40.4 Å². The lowest BCUT2D eigenvalue weighted by Gasteiger charge is -2.25. The van der Waals surface area contributed by atoms with Crippen LogP contribution in [0.3, 0.4) is 0 Å². The van der Waals surface area contributed by atoms with E-state index in [-0.39, 0.29) is 0 Å². The average Bonchev–Trinajstić information content (AvgIpc) is 3.19. The first kappa shape index (κ1) is 22.0. The van der Waals surface area contributed by atoms with Crippen LogP contribution in [0.4, 0.5) is 5.69 Å². The molecule has 0 fully saturated rings. The molecule has 2 rings (SSSR count). The highest BCUT2D eigenvalue weighted by Gasteiger charge is 2.09. The summed E-state index contributed by atoms with van der Waals surface area (Å²) in [6, 6.07) is 10.2. The van der Waals surface area contributed by atoms with E-state index in [0.29, 0.717) is 0 Å². The van der Waals surface area contributed by atoms with Crippen molar-refractivity contribution < 1.29 is 9.53 Å². The molecular formula is C24H31NO2S. The normalized spacial score (nSPS) is 11.4. The number of allylic oxidation sites excluding steroid dienone is 2. The van der Waals surface area contributed by atoms with Gasteiger partial charge >= 0.3 is 0 Å². The lowest BCUT2D eigenvalue weighted by molar-refractivity contribution is 0.112. The number of thiophene rings is 1. The SMILES string of the molecule is CCCCN(CCCC)c1ccc(/C=C/C=C/c2ccc(C=O)s2)c(OC)c1. The van der Waals surface area contributed by atoms with Crippen molar-refractivity contribution in [3.05, 3.63) is 57.8 Å². The van der Waals surface area contributed by atoms with Gasteiger partial charge in [0.15, 0.2) is 6.29 Å². The molecular weight excluding hydrogens is 366 g/mol. The molecule has 2 aromatic rings. The molecule has 0 unspecified atom stereocenters. The standard InChI is InChI=1S/C24H31NO2S/c1-4-6-16-25(17-7-5-2)21-13-12-20(24(18-21)27-3)10-8-9-11-22-14-15-23(19-26)28-22/h8-15,18-19H,4-7,16-17H2,1-3H3/b10-8+,11-9+. The quantitative estimate of drug-likeness (QED) is 0.295. The first-order valence-corrected chi connectivity index (χ1v) is 10.9. The second-order valence-electron chi connectivity index (χ2n) is 6.70. The van der Waals surface area contributed by atoms with Crippen molar-refractivity contribution in [1.82, 2.24) is 0 Å². The highest BCUT2D eigenvalue weighted by atomic mass is 32.1. The molecule has 150 valence electrons. The maximum Gasteiger partial charge on any atom is 0.160 e. The van der Waals surface area contributed by atoms with Gasteiger partial charge in [-0.3, -0.25) is 4.79 Å². The molecule has 0 N–H and O–H groups in total. The highest BCUT2D eigenvalue weighted by molar-refractivity contribution is 7.14. The number of unbranched alkanes of at least 4 members (excludes halogenated alkanes) is 2. The van der Waals surface area contributed by atoms with Crippen molar-refractivity contribution >= 4 is 35.5 Å². The average molecular weight is 398 g/mol. The van der Waals surface area contributed by atoms with Crippen molar-refractivity contribution in [1.29, 1.82) is 0 Å². The summed E-state index contributed by atoms with van der Waals surface area (Å²) in [4.78, 5) is 15.0. The zero-order valence-electron chi connectivity index (χ0n) is 17.2. The molecule has 4 heteroatoms. The molecule has 28 heavy (non-hydrogen) atoms. The van der Waals surface area contributed by atoms with Crippen LogP contribution >= 0.6 is 11.3 Å². The first-order chi connectivity index (χ1) is 13.7. The lowest BCUT2D eigenvalue weighted by atomic mass is 10.1. The van der Waals surface area contributed by atoms with Crippen LogP contribution in [0.1, 0.15) is 59.6 Å². The van der Waals surface area contributed by atoms with Crippen LogP contribution in [-0.4, -0.2) is 26.5 Å². The Bertz CT molecular complexity index is 784. The minimum absolute atomic E-state index is 0.747. The number of ether oxygens (including phenoxy) is 1. The van der Waals surface area contributed by atoms with Crippen LogP contribution in [0.5, 0.6) is 5.75 Å². The maximum absolute atomic E-state index is 10.8. The number of hydrogen-bond acceptors (Lipinski definition) is 4. The number of rotatable bonds is 12. The van der Waals surface area contributed by atoms with E-state index < -0.39 is 0 Å². The number of aldehydes is 1. The van der Waals surface area contributed by atoms with Gasteiger partial charge in [-0.2, -0.15) is 0 Å². The number of anilines is 1. The summed E-state index contributed by atoms with van der Waals surface area (Å²) in [5.74, 6) is 0.888. The van der Waals surface area contributed by atoms with Gasteiger partial charge in [-0.1, -0.05) is 44.9 Å². The van der Waals surface area contributed by atoms with Gasteiger partial charge in [0.05, 0.1) is 12.0 Å². The maximum atomic E-state index is 10.8. The third kappa shape index (κ3) is 6.68. The van der Waals surface area contributed by atoms with Gasteiger partial charge in [0, 0.05) is 35.3 Å². The van der Waals surface area contributed by atoms with Crippen LogP contribution in [-0.2, 0) is 0 Å².